The molecule has 0 aliphatic carbocycles. The lowest BCUT2D eigenvalue weighted by molar-refractivity contribution is -0.128. The monoisotopic (exact) mass is 280 g/mol. The number of aromatic amines is 1. The van der Waals surface area contributed by atoms with E-state index in [1.54, 1.807) is 6.20 Å². The van der Waals surface area contributed by atoms with Gasteiger partial charge in [0.05, 0.1) is 17.4 Å². The van der Waals surface area contributed by atoms with Crippen molar-refractivity contribution in [1.29, 1.82) is 0 Å². The molecule has 5 nitrogen and oxygen atoms in total. The van der Waals surface area contributed by atoms with Gasteiger partial charge < -0.3 is 5.32 Å². The molecule has 0 aromatic carbocycles. The van der Waals surface area contributed by atoms with Crippen LogP contribution in [0.5, 0.6) is 0 Å². The number of nitrogens with zero attached hydrogens (tertiary/aromatic N) is 2. The second kappa shape index (κ2) is 4.81. The maximum Gasteiger partial charge on any atom is 0.225 e. The molecular weight excluding hydrogens is 264 g/mol. The molecule has 19 heavy (non-hydrogen) atoms. The van der Waals surface area contributed by atoms with Gasteiger partial charge in [0.1, 0.15) is 5.15 Å². The molecule has 0 saturated heterocycles. The van der Waals surface area contributed by atoms with E-state index in [2.05, 4.69) is 20.5 Å². The molecule has 102 valence electrons. The predicted octanol–water partition coefficient (Wildman–Crippen LogP) is 2.58. The van der Waals surface area contributed by atoms with Gasteiger partial charge in [-0.05, 0) is 6.92 Å². The Morgan fingerprint density at radius 2 is 2.16 bits per heavy atom. The molecule has 0 aliphatic rings. The SMILES string of the molecule is Cc1nc(Cl)c(CNC(=O)C(C)(C)C)c2[nH]ncc12. The third-order valence-corrected chi connectivity index (χ3v) is 3.27. The van der Waals surface area contributed by atoms with Crippen LogP contribution in [-0.4, -0.2) is 21.1 Å². The Hall–Kier alpha value is -1.62. The molecule has 0 spiro atoms. The molecule has 2 heterocycles. The Morgan fingerprint density at radius 3 is 2.79 bits per heavy atom. The number of pyridine rings is 1. The molecule has 0 saturated carbocycles. The molecule has 2 rings (SSSR count). The van der Waals surface area contributed by atoms with Gasteiger partial charge in [0, 0.05) is 22.9 Å². The molecule has 2 N–H and O–H groups in total. The van der Waals surface area contributed by atoms with E-state index in [1.165, 1.54) is 0 Å². The summed E-state index contributed by atoms with van der Waals surface area (Å²) in [6, 6.07) is 0. The number of rotatable bonds is 2. The minimum absolute atomic E-state index is 0.0307. The Kier molecular flexibility index (Phi) is 3.49. The topological polar surface area (TPSA) is 70.7 Å². The molecule has 0 fully saturated rings. The van der Waals surface area contributed by atoms with E-state index in [4.69, 9.17) is 11.6 Å². The fraction of sp³-hybridized carbons (Fsp3) is 0.462. The van der Waals surface area contributed by atoms with E-state index in [-0.39, 0.29) is 5.91 Å². The number of carbonyl (C=O) groups excluding carboxylic acids is 1. The summed E-state index contributed by atoms with van der Waals surface area (Å²) in [7, 11) is 0. The summed E-state index contributed by atoms with van der Waals surface area (Å²) in [6.45, 7) is 7.80. The van der Waals surface area contributed by atoms with Crippen molar-refractivity contribution >= 4 is 28.4 Å². The highest BCUT2D eigenvalue weighted by Crippen LogP contribution is 2.25. The van der Waals surface area contributed by atoms with Crippen molar-refractivity contribution in [2.75, 3.05) is 0 Å². The number of hydrogen-bond acceptors (Lipinski definition) is 3. The van der Waals surface area contributed by atoms with Gasteiger partial charge in [0.15, 0.2) is 0 Å². The lowest BCUT2D eigenvalue weighted by Crippen LogP contribution is -2.34. The van der Waals surface area contributed by atoms with Crippen molar-refractivity contribution < 1.29 is 4.79 Å². The minimum Gasteiger partial charge on any atom is -0.351 e. The maximum absolute atomic E-state index is 11.9. The van der Waals surface area contributed by atoms with Crippen molar-refractivity contribution in [2.24, 2.45) is 5.41 Å². The van der Waals surface area contributed by atoms with Crippen LogP contribution in [0.15, 0.2) is 6.20 Å². The summed E-state index contributed by atoms with van der Waals surface area (Å²) in [5, 5.41) is 11.1. The lowest BCUT2D eigenvalue weighted by Gasteiger charge is -2.18. The first kappa shape index (κ1) is 13.8. The van der Waals surface area contributed by atoms with Crippen LogP contribution in [-0.2, 0) is 11.3 Å². The van der Waals surface area contributed by atoms with Gasteiger partial charge in [0.2, 0.25) is 5.91 Å². The van der Waals surface area contributed by atoms with Crippen LogP contribution in [0, 0.1) is 12.3 Å². The molecule has 0 bridgehead atoms. The first-order valence-corrected chi connectivity index (χ1v) is 6.45. The van der Waals surface area contributed by atoms with Gasteiger partial charge in [-0.1, -0.05) is 32.4 Å². The highest BCUT2D eigenvalue weighted by molar-refractivity contribution is 6.31. The molecule has 0 atom stereocenters. The number of hydrogen-bond donors (Lipinski definition) is 2. The van der Waals surface area contributed by atoms with E-state index >= 15 is 0 Å². The number of H-pyrrole nitrogens is 1. The molecule has 0 unspecified atom stereocenters. The zero-order chi connectivity index (χ0) is 14.2. The first-order chi connectivity index (χ1) is 8.80. The lowest BCUT2D eigenvalue weighted by atomic mass is 9.95. The van der Waals surface area contributed by atoms with Crippen LogP contribution in [0.4, 0.5) is 0 Å². The second-order valence-corrected chi connectivity index (χ2v) is 5.92. The summed E-state index contributed by atoms with van der Waals surface area (Å²) in [6.07, 6.45) is 1.71. The number of fused-ring (bicyclic) bond motifs is 1. The number of aromatic nitrogens is 3. The molecule has 2 aromatic heterocycles. The summed E-state index contributed by atoms with van der Waals surface area (Å²) in [4.78, 5) is 16.2. The van der Waals surface area contributed by atoms with Crippen molar-refractivity contribution in [2.45, 2.75) is 34.2 Å². The molecular formula is C13H17ClN4O. The number of nitrogens with one attached hydrogen (secondary N) is 2. The molecule has 1 amide bonds. The third-order valence-electron chi connectivity index (χ3n) is 2.95. The smallest absolute Gasteiger partial charge is 0.225 e. The quantitative estimate of drug-likeness (QED) is 0.831. The Bertz CT molecular complexity index is 627. The Labute approximate surface area is 116 Å². The fourth-order valence-electron chi connectivity index (χ4n) is 1.76. The van der Waals surface area contributed by atoms with Crippen molar-refractivity contribution in [3.05, 3.63) is 22.6 Å². The predicted molar refractivity (Wildman–Crippen MR) is 74.9 cm³/mol. The van der Waals surface area contributed by atoms with Crippen LogP contribution >= 0.6 is 11.6 Å². The summed E-state index contributed by atoms with van der Waals surface area (Å²) in [5.41, 5.74) is 1.97. The van der Waals surface area contributed by atoms with Crippen molar-refractivity contribution in [3.8, 4) is 0 Å². The van der Waals surface area contributed by atoms with E-state index < -0.39 is 5.41 Å². The molecule has 2 aromatic rings. The summed E-state index contributed by atoms with van der Waals surface area (Å²) in [5.74, 6) is -0.0307. The fourth-order valence-corrected chi connectivity index (χ4v) is 2.05. The van der Waals surface area contributed by atoms with Crippen LogP contribution in [0.25, 0.3) is 10.9 Å². The van der Waals surface area contributed by atoms with Crippen molar-refractivity contribution in [1.82, 2.24) is 20.5 Å². The van der Waals surface area contributed by atoms with Gasteiger partial charge in [-0.25, -0.2) is 4.98 Å². The Balaban J connectivity index is 2.31. The largest absolute Gasteiger partial charge is 0.351 e. The maximum atomic E-state index is 11.9. The van der Waals surface area contributed by atoms with Gasteiger partial charge >= 0.3 is 0 Å². The Morgan fingerprint density at radius 1 is 1.47 bits per heavy atom. The zero-order valence-corrected chi connectivity index (χ0v) is 12.2. The average Bonchev–Trinajstić information content (AvgIpc) is 2.76. The number of carbonyl (C=O) groups is 1. The van der Waals surface area contributed by atoms with Crippen LogP contribution in [0.1, 0.15) is 32.0 Å². The molecule has 0 radical (unpaired) electrons. The van der Waals surface area contributed by atoms with E-state index in [1.807, 2.05) is 27.7 Å². The number of amides is 1. The molecule has 0 aliphatic heterocycles. The second-order valence-electron chi connectivity index (χ2n) is 5.56. The normalized spacial score (nSPS) is 11.8. The highest BCUT2D eigenvalue weighted by Gasteiger charge is 2.21. The van der Waals surface area contributed by atoms with E-state index in [0.29, 0.717) is 11.7 Å². The van der Waals surface area contributed by atoms with E-state index in [0.717, 1.165) is 22.2 Å². The van der Waals surface area contributed by atoms with Gasteiger partial charge in [-0.2, -0.15) is 5.10 Å². The zero-order valence-electron chi connectivity index (χ0n) is 11.5. The third kappa shape index (κ3) is 2.71. The summed E-state index contributed by atoms with van der Waals surface area (Å²) < 4.78 is 0. The summed E-state index contributed by atoms with van der Waals surface area (Å²) >= 11 is 6.15. The van der Waals surface area contributed by atoms with Gasteiger partial charge in [0.25, 0.3) is 0 Å². The highest BCUT2D eigenvalue weighted by atomic mass is 35.5. The minimum atomic E-state index is -0.433. The van der Waals surface area contributed by atoms with E-state index in [9.17, 15) is 4.79 Å². The van der Waals surface area contributed by atoms with Crippen molar-refractivity contribution in [3.63, 3.8) is 0 Å². The molecule has 6 heteroatoms. The van der Waals surface area contributed by atoms with Gasteiger partial charge in [-0.15, -0.1) is 0 Å². The average molecular weight is 281 g/mol. The first-order valence-electron chi connectivity index (χ1n) is 6.07. The van der Waals surface area contributed by atoms with Gasteiger partial charge in [-0.3, -0.25) is 9.89 Å². The van der Waals surface area contributed by atoms with Crippen LogP contribution < -0.4 is 5.32 Å². The van der Waals surface area contributed by atoms with Crippen LogP contribution in [0.3, 0.4) is 0 Å². The standard InChI is InChI=1S/C13H17ClN4O/c1-7-8-6-16-18-10(8)9(11(14)17-7)5-15-12(19)13(2,3)4/h6H,5H2,1-4H3,(H,15,19)(H,16,18). The number of aryl methyl sites for hydroxylation is 1. The van der Waals surface area contributed by atoms with Crippen LogP contribution in [0.2, 0.25) is 5.15 Å². The number of halogens is 1.